The van der Waals surface area contributed by atoms with E-state index in [0.717, 1.165) is 18.4 Å². The van der Waals surface area contributed by atoms with Gasteiger partial charge in [0.25, 0.3) is 0 Å². The molecule has 0 bridgehead atoms. The van der Waals surface area contributed by atoms with Gasteiger partial charge in [-0.25, -0.2) is 0 Å². The Kier molecular flexibility index (Phi) is 3.38. The first-order chi connectivity index (χ1) is 8.26. The topological polar surface area (TPSA) is 24.4 Å². The van der Waals surface area contributed by atoms with Gasteiger partial charge in [-0.1, -0.05) is 37.9 Å². The first kappa shape index (κ1) is 11.9. The summed E-state index contributed by atoms with van der Waals surface area (Å²) in [6, 6.07) is 0. The second kappa shape index (κ2) is 4.83. The Balaban J connectivity index is 1.56. The van der Waals surface area contributed by atoms with Crippen LogP contribution in [0.25, 0.3) is 0 Å². The lowest BCUT2D eigenvalue weighted by atomic mass is 9.78. The summed E-state index contributed by atoms with van der Waals surface area (Å²) in [4.78, 5) is 4.79. The number of thioether (sulfide) groups is 1. The van der Waals surface area contributed by atoms with Crippen LogP contribution in [-0.2, 0) is 0 Å². The van der Waals surface area contributed by atoms with Crippen LogP contribution in [-0.4, -0.2) is 23.0 Å². The molecule has 0 aromatic rings. The third-order valence-corrected chi connectivity index (χ3v) is 5.87. The fourth-order valence-electron chi connectivity index (χ4n) is 3.38. The van der Waals surface area contributed by atoms with E-state index in [9.17, 15) is 0 Å². The van der Waals surface area contributed by atoms with Gasteiger partial charge in [-0.05, 0) is 37.5 Å². The van der Waals surface area contributed by atoms with Gasteiger partial charge >= 0.3 is 0 Å². The summed E-state index contributed by atoms with van der Waals surface area (Å²) in [6.07, 6.45) is 9.76. The second-order valence-electron chi connectivity index (χ2n) is 6.34. The molecule has 1 aliphatic heterocycles. The zero-order valence-corrected chi connectivity index (χ0v) is 11.7. The number of hydrogen-bond acceptors (Lipinski definition) is 2. The number of hydrogen-bond donors (Lipinski definition) is 1. The highest BCUT2D eigenvalue weighted by molar-refractivity contribution is 8.14. The lowest BCUT2D eigenvalue weighted by Gasteiger charge is -2.36. The minimum absolute atomic E-state index is 0.404. The van der Waals surface area contributed by atoms with Crippen LogP contribution in [0, 0.1) is 11.8 Å². The Morgan fingerprint density at radius 3 is 2.94 bits per heavy atom. The van der Waals surface area contributed by atoms with E-state index in [4.69, 9.17) is 4.99 Å². The van der Waals surface area contributed by atoms with Crippen molar-refractivity contribution in [3.05, 3.63) is 0 Å². The first-order valence-electron chi connectivity index (χ1n) is 7.21. The molecule has 0 amide bonds. The first-order valence-corrected chi connectivity index (χ1v) is 8.20. The molecule has 1 saturated heterocycles. The van der Waals surface area contributed by atoms with Crippen molar-refractivity contribution >= 4 is 16.9 Å². The van der Waals surface area contributed by atoms with Crippen molar-refractivity contribution < 1.29 is 0 Å². The van der Waals surface area contributed by atoms with Gasteiger partial charge < -0.3 is 5.32 Å². The van der Waals surface area contributed by atoms with Crippen LogP contribution in [0.15, 0.2) is 4.99 Å². The predicted octanol–water partition coefficient (Wildman–Crippen LogP) is 3.43. The van der Waals surface area contributed by atoms with E-state index in [0.29, 0.717) is 5.54 Å². The van der Waals surface area contributed by atoms with Gasteiger partial charge in [0.05, 0.1) is 0 Å². The molecule has 2 aliphatic carbocycles. The Morgan fingerprint density at radius 2 is 2.24 bits per heavy atom. The zero-order chi connectivity index (χ0) is 11.7. The monoisotopic (exact) mass is 252 g/mol. The van der Waals surface area contributed by atoms with Crippen LogP contribution in [0.5, 0.6) is 0 Å². The second-order valence-corrected chi connectivity index (χ2v) is 7.30. The van der Waals surface area contributed by atoms with E-state index in [1.54, 1.807) is 0 Å². The maximum Gasteiger partial charge on any atom is 0.157 e. The predicted molar refractivity (Wildman–Crippen MR) is 75.6 cm³/mol. The number of aliphatic imine (C=N–C) groups is 1. The zero-order valence-electron chi connectivity index (χ0n) is 10.9. The van der Waals surface area contributed by atoms with Gasteiger partial charge in [0.2, 0.25) is 0 Å². The summed E-state index contributed by atoms with van der Waals surface area (Å²) in [5.41, 5.74) is 0.404. The van der Waals surface area contributed by atoms with Crippen LogP contribution in [0.2, 0.25) is 0 Å². The van der Waals surface area contributed by atoms with Crippen molar-refractivity contribution in [3.8, 4) is 0 Å². The summed E-state index contributed by atoms with van der Waals surface area (Å²) in [7, 11) is 0. The SMILES string of the molecule is CC1CCCC2(CSC(=NCC3CCC3)N2)C1. The summed E-state index contributed by atoms with van der Waals surface area (Å²) in [6.45, 7) is 3.47. The fraction of sp³-hybridized carbons (Fsp3) is 0.929. The van der Waals surface area contributed by atoms with E-state index in [2.05, 4.69) is 12.2 Å². The number of rotatable bonds is 2. The maximum absolute atomic E-state index is 4.79. The molecule has 17 heavy (non-hydrogen) atoms. The highest BCUT2D eigenvalue weighted by Crippen LogP contribution is 2.39. The van der Waals surface area contributed by atoms with Crippen LogP contribution in [0.4, 0.5) is 0 Å². The Labute approximate surface area is 109 Å². The molecule has 1 heterocycles. The molecule has 3 aliphatic rings. The molecule has 1 spiro atoms. The van der Waals surface area contributed by atoms with Crippen molar-refractivity contribution in [2.45, 2.75) is 57.4 Å². The molecule has 2 nitrogen and oxygen atoms in total. The molecule has 3 fully saturated rings. The normalized spacial score (nSPS) is 40.5. The van der Waals surface area contributed by atoms with Crippen molar-refractivity contribution in [2.75, 3.05) is 12.3 Å². The van der Waals surface area contributed by atoms with Gasteiger partial charge in [-0.15, -0.1) is 0 Å². The van der Waals surface area contributed by atoms with E-state index in [-0.39, 0.29) is 0 Å². The maximum atomic E-state index is 4.79. The lowest BCUT2D eigenvalue weighted by molar-refractivity contribution is 0.242. The largest absolute Gasteiger partial charge is 0.359 e. The lowest BCUT2D eigenvalue weighted by Crippen LogP contribution is -2.47. The van der Waals surface area contributed by atoms with Crippen molar-refractivity contribution in [2.24, 2.45) is 16.8 Å². The average Bonchev–Trinajstić information content (AvgIpc) is 2.59. The van der Waals surface area contributed by atoms with Gasteiger partial charge in [-0.3, -0.25) is 4.99 Å². The summed E-state index contributed by atoms with van der Waals surface area (Å²) < 4.78 is 0. The Bertz CT molecular complexity index is 311. The van der Waals surface area contributed by atoms with Crippen LogP contribution >= 0.6 is 11.8 Å². The molecular formula is C14H24N2S. The summed E-state index contributed by atoms with van der Waals surface area (Å²) in [5.74, 6) is 3.04. The third kappa shape index (κ3) is 2.64. The Hall–Kier alpha value is -0.180. The quantitative estimate of drug-likeness (QED) is 0.814. The molecule has 1 N–H and O–H groups in total. The molecule has 2 saturated carbocycles. The summed E-state index contributed by atoms with van der Waals surface area (Å²) >= 11 is 1.97. The molecule has 0 aromatic heterocycles. The fourth-order valence-corrected chi connectivity index (χ4v) is 4.58. The van der Waals surface area contributed by atoms with Crippen LogP contribution in [0.1, 0.15) is 51.9 Å². The van der Waals surface area contributed by atoms with E-state index < -0.39 is 0 Å². The van der Waals surface area contributed by atoms with Gasteiger partial charge in [-0.2, -0.15) is 0 Å². The molecule has 0 radical (unpaired) electrons. The van der Waals surface area contributed by atoms with Crippen molar-refractivity contribution in [3.63, 3.8) is 0 Å². The van der Waals surface area contributed by atoms with Crippen LogP contribution in [0.3, 0.4) is 0 Å². The molecule has 3 rings (SSSR count). The smallest absolute Gasteiger partial charge is 0.157 e. The molecule has 3 heteroatoms. The van der Waals surface area contributed by atoms with Crippen molar-refractivity contribution in [1.82, 2.24) is 5.32 Å². The van der Waals surface area contributed by atoms with Crippen LogP contribution < -0.4 is 5.32 Å². The number of nitrogens with zero attached hydrogens (tertiary/aromatic N) is 1. The molecular weight excluding hydrogens is 228 g/mol. The highest BCUT2D eigenvalue weighted by atomic mass is 32.2. The minimum atomic E-state index is 0.404. The van der Waals surface area contributed by atoms with E-state index in [1.807, 2.05) is 11.8 Å². The number of amidine groups is 1. The minimum Gasteiger partial charge on any atom is -0.359 e. The Morgan fingerprint density at radius 1 is 1.35 bits per heavy atom. The van der Waals surface area contributed by atoms with Gasteiger partial charge in [0.15, 0.2) is 5.17 Å². The molecule has 96 valence electrons. The van der Waals surface area contributed by atoms with E-state index >= 15 is 0 Å². The molecule has 2 atom stereocenters. The highest BCUT2D eigenvalue weighted by Gasteiger charge is 2.40. The molecule has 0 aromatic carbocycles. The summed E-state index contributed by atoms with van der Waals surface area (Å²) in [5, 5.41) is 4.99. The average molecular weight is 252 g/mol. The van der Waals surface area contributed by atoms with E-state index in [1.165, 1.54) is 55.9 Å². The number of nitrogens with one attached hydrogen (secondary N) is 1. The van der Waals surface area contributed by atoms with Gasteiger partial charge in [0.1, 0.15) is 0 Å². The van der Waals surface area contributed by atoms with Crippen molar-refractivity contribution in [1.29, 1.82) is 0 Å². The van der Waals surface area contributed by atoms with Gasteiger partial charge in [0, 0.05) is 17.8 Å². The molecule has 2 unspecified atom stereocenters. The standard InChI is InChI=1S/C14H24N2S/c1-11-4-3-7-14(8-11)10-17-13(16-14)15-9-12-5-2-6-12/h11-12H,2-10H2,1H3,(H,15,16). The third-order valence-electron chi connectivity index (χ3n) is 4.67.